The van der Waals surface area contributed by atoms with Crippen LogP contribution in [-0.2, 0) is 11.2 Å². The molecule has 4 nitrogen and oxygen atoms in total. The molecule has 0 spiro atoms. The van der Waals surface area contributed by atoms with Crippen molar-refractivity contribution in [3.05, 3.63) is 75.8 Å². The van der Waals surface area contributed by atoms with Gasteiger partial charge < -0.3 is 4.90 Å². The van der Waals surface area contributed by atoms with E-state index in [2.05, 4.69) is 74.2 Å². The Morgan fingerprint density at radius 1 is 1.17 bits per heavy atom. The van der Waals surface area contributed by atoms with E-state index in [1.807, 2.05) is 6.07 Å². The van der Waals surface area contributed by atoms with Crippen molar-refractivity contribution >= 4 is 23.4 Å². The molecular weight excluding hydrogens is 390 g/mol. The number of hydrogen-bond donors (Lipinski definition) is 0. The maximum Gasteiger partial charge on any atom is 0.229 e. The highest BCUT2D eigenvalue weighted by atomic mass is 32.2. The summed E-state index contributed by atoms with van der Waals surface area (Å²) in [6.45, 7) is 6.99. The molecule has 2 aliphatic rings. The fourth-order valence-electron chi connectivity index (χ4n) is 4.23. The van der Waals surface area contributed by atoms with Crippen LogP contribution in [0, 0.1) is 11.3 Å². The molecule has 2 aromatic carbocycles. The zero-order valence-corrected chi connectivity index (χ0v) is 18.6. The number of nitrogens with zero attached hydrogens (tertiary/aromatic N) is 3. The second-order valence-corrected chi connectivity index (χ2v) is 9.10. The molecule has 2 heterocycles. The summed E-state index contributed by atoms with van der Waals surface area (Å²) in [4.78, 5) is 17.2. The Hall–Kier alpha value is -2.71. The van der Waals surface area contributed by atoms with Gasteiger partial charge >= 0.3 is 0 Å². The van der Waals surface area contributed by atoms with Gasteiger partial charge in [0.25, 0.3) is 0 Å². The molecular formula is C25H27N3OS. The maximum atomic E-state index is 13.1. The van der Waals surface area contributed by atoms with Crippen LogP contribution < -0.4 is 4.90 Å². The Morgan fingerprint density at radius 3 is 2.57 bits per heavy atom. The minimum Gasteiger partial charge on any atom is -0.343 e. The number of anilines is 1. The number of rotatable bonds is 4. The van der Waals surface area contributed by atoms with Gasteiger partial charge in [0.15, 0.2) is 0 Å². The number of para-hydroxylation sites is 1. The quantitative estimate of drug-likeness (QED) is 0.650. The van der Waals surface area contributed by atoms with Gasteiger partial charge in [-0.25, -0.2) is 0 Å². The Kier molecular flexibility index (Phi) is 5.87. The summed E-state index contributed by atoms with van der Waals surface area (Å²) in [7, 11) is 0. The highest BCUT2D eigenvalue weighted by Gasteiger charge is 2.38. The molecule has 1 saturated heterocycles. The predicted molar refractivity (Wildman–Crippen MR) is 123 cm³/mol. The van der Waals surface area contributed by atoms with Gasteiger partial charge in [-0.15, -0.1) is 0 Å². The minimum absolute atomic E-state index is 0.0908. The van der Waals surface area contributed by atoms with E-state index in [0.29, 0.717) is 19.0 Å². The van der Waals surface area contributed by atoms with Crippen LogP contribution in [0.15, 0.2) is 59.1 Å². The molecule has 0 N–H and O–H groups in total. The van der Waals surface area contributed by atoms with Crippen LogP contribution in [0.4, 0.5) is 5.69 Å². The van der Waals surface area contributed by atoms with Gasteiger partial charge in [-0.3, -0.25) is 9.69 Å². The van der Waals surface area contributed by atoms with Crippen LogP contribution in [0.25, 0.3) is 0 Å². The average molecular weight is 418 g/mol. The van der Waals surface area contributed by atoms with Crippen LogP contribution in [0.2, 0.25) is 0 Å². The van der Waals surface area contributed by atoms with Crippen LogP contribution >= 0.6 is 11.8 Å². The summed E-state index contributed by atoms with van der Waals surface area (Å²) < 4.78 is 0. The van der Waals surface area contributed by atoms with Crippen LogP contribution in [-0.4, -0.2) is 23.4 Å². The molecule has 0 radical (unpaired) electrons. The van der Waals surface area contributed by atoms with Gasteiger partial charge in [-0.2, -0.15) is 5.26 Å². The Balaban J connectivity index is 1.64. The third-order valence-corrected chi connectivity index (χ3v) is 7.17. The van der Waals surface area contributed by atoms with Gasteiger partial charge in [0, 0.05) is 18.0 Å². The monoisotopic (exact) mass is 417 g/mol. The van der Waals surface area contributed by atoms with Crippen LogP contribution in [0.1, 0.15) is 55.7 Å². The summed E-state index contributed by atoms with van der Waals surface area (Å²) in [5, 5.41) is 10.8. The molecule has 1 amide bonds. The number of hydrogen-bond acceptors (Lipinski definition) is 4. The number of thioether (sulfide) groups is 1. The van der Waals surface area contributed by atoms with E-state index in [1.165, 1.54) is 16.8 Å². The molecule has 30 heavy (non-hydrogen) atoms. The van der Waals surface area contributed by atoms with Gasteiger partial charge in [-0.1, -0.05) is 75.0 Å². The third kappa shape index (κ3) is 3.73. The molecule has 2 aromatic rings. The molecule has 2 aliphatic heterocycles. The van der Waals surface area contributed by atoms with Crippen molar-refractivity contribution < 1.29 is 4.79 Å². The lowest BCUT2D eigenvalue weighted by Crippen LogP contribution is -2.47. The lowest BCUT2D eigenvalue weighted by atomic mass is 9.85. The van der Waals surface area contributed by atoms with E-state index in [4.69, 9.17) is 0 Å². The number of benzene rings is 2. The van der Waals surface area contributed by atoms with Crippen molar-refractivity contribution in [2.45, 2.75) is 45.4 Å². The number of fused-ring (bicyclic) bond motifs is 1. The second-order valence-electron chi connectivity index (χ2n) is 8.17. The van der Waals surface area contributed by atoms with E-state index in [1.54, 1.807) is 16.7 Å². The molecule has 0 unspecified atom stereocenters. The highest BCUT2D eigenvalue weighted by molar-refractivity contribution is 8.03. The maximum absolute atomic E-state index is 13.1. The first-order chi connectivity index (χ1) is 14.5. The van der Waals surface area contributed by atoms with Gasteiger partial charge in [0.1, 0.15) is 0 Å². The van der Waals surface area contributed by atoms with Crippen molar-refractivity contribution in [1.29, 1.82) is 5.26 Å². The molecule has 1 atom stereocenters. The fourth-order valence-corrected chi connectivity index (χ4v) is 5.39. The number of carbonyl (C=O) groups is 1. The summed E-state index contributed by atoms with van der Waals surface area (Å²) in [5.74, 6) is 1.13. The van der Waals surface area contributed by atoms with Crippen LogP contribution in [0.5, 0.6) is 0 Å². The summed E-state index contributed by atoms with van der Waals surface area (Å²) in [6.07, 6.45) is 1.29. The molecule has 0 saturated carbocycles. The second kappa shape index (κ2) is 8.57. The summed E-state index contributed by atoms with van der Waals surface area (Å²) in [6, 6.07) is 19.2. The smallest absolute Gasteiger partial charge is 0.229 e. The fraction of sp³-hybridized carbons (Fsp3) is 0.360. The third-order valence-electron chi connectivity index (χ3n) is 6.01. The summed E-state index contributed by atoms with van der Waals surface area (Å²) >= 11 is 1.60. The van der Waals surface area contributed by atoms with Crippen molar-refractivity contribution in [3.63, 3.8) is 0 Å². The van der Waals surface area contributed by atoms with Gasteiger partial charge in [-0.05, 0) is 35.1 Å². The van der Waals surface area contributed by atoms with Crippen molar-refractivity contribution in [2.75, 3.05) is 17.4 Å². The molecule has 154 valence electrons. The van der Waals surface area contributed by atoms with E-state index < -0.39 is 0 Å². The molecule has 4 rings (SSSR count). The first kappa shape index (κ1) is 20.6. The molecule has 0 aliphatic carbocycles. The van der Waals surface area contributed by atoms with Crippen molar-refractivity contribution in [3.8, 4) is 6.07 Å². The normalized spacial score (nSPS) is 19.2. The molecule has 1 fully saturated rings. The highest BCUT2D eigenvalue weighted by Crippen LogP contribution is 2.43. The number of carbonyl (C=O) groups excluding carboxylic acids is 1. The van der Waals surface area contributed by atoms with Crippen molar-refractivity contribution in [1.82, 2.24) is 4.90 Å². The van der Waals surface area contributed by atoms with E-state index in [9.17, 15) is 10.1 Å². The molecule has 0 aromatic heterocycles. The topological polar surface area (TPSA) is 47.3 Å². The lowest BCUT2D eigenvalue weighted by molar-refractivity contribution is -0.129. The zero-order valence-electron chi connectivity index (χ0n) is 17.8. The van der Waals surface area contributed by atoms with Crippen molar-refractivity contribution in [2.24, 2.45) is 0 Å². The Labute approximate surface area is 183 Å². The van der Waals surface area contributed by atoms with Gasteiger partial charge in [0.2, 0.25) is 5.91 Å². The zero-order chi connectivity index (χ0) is 21.3. The SMILES string of the molecule is CCc1ccccc1N1CSC2=C(C#N)[C@@H](c3ccc(C(C)C)cc3)CC(=O)N2C1. The van der Waals surface area contributed by atoms with Crippen LogP contribution in [0.3, 0.4) is 0 Å². The molecule has 0 bridgehead atoms. The molecule has 5 heteroatoms. The number of allylic oxidation sites excluding steroid dienone is 1. The number of amides is 1. The summed E-state index contributed by atoms with van der Waals surface area (Å²) in [5.41, 5.74) is 5.49. The predicted octanol–water partition coefficient (Wildman–Crippen LogP) is 5.59. The number of aryl methyl sites for hydroxylation is 1. The lowest BCUT2D eigenvalue weighted by Gasteiger charge is -2.42. The van der Waals surface area contributed by atoms with E-state index >= 15 is 0 Å². The number of nitriles is 1. The Bertz CT molecular complexity index is 1020. The average Bonchev–Trinajstić information content (AvgIpc) is 2.78. The first-order valence-electron chi connectivity index (χ1n) is 10.5. The standard InChI is InChI=1S/C25H27N3OS/c1-4-18-7-5-6-8-23(18)27-15-28-24(29)13-21(22(14-26)25(28)30-16-27)20-11-9-19(10-12-20)17(2)3/h5-12,17,21H,4,13,15-16H2,1-3H3/t21-/m1/s1. The first-order valence-corrected chi connectivity index (χ1v) is 11.5. The van der Waals surface area contributed by atoms with E-state index in [-0.39, 0.29) is 11.8 Å². The Morgan fingerprint density at radius 2 is 1.90 bits per heavy atom. The van der Waals surface area contributed by atoms with E-state index in [0.717, 1.165) is 28.5 Å². The van der Waals surface area contributed by atoms with Gasteiger partial charge in [0.05, 0.1) is 29.2 Å². The largest absolute Gasteiger partial charge is 0.343 e. The minimum atomic E-state index is -0.156.